The number of benzene rings is 2. The number of carbonyl (C=O) groups excluding carboxylic acids is 1. The molecule has 2 aromatic carbocycles. The molecule has 0 spiro atoms. The van der Waals surface area contributed by atoms with Gasteiger partial charge in [0.25, 0.3) is 0 Å². The third-order valence-electron chi connectivity index (χ3n) is 3.81. The number of ketones is 1. The molecule has 0 unspecified atom stereocenters. The summed E-state index contributed by atoms with van der Waals surface area (Å²) < 4.78 is 1.80. The van der Waals surface area contributed by atoms with E-state index >= 15 is 0 Å². The van der Waals surface area contributed by atoms with Crippen molar-refractivity contribution >= 4 is 16.7 Å². The molecule has 1 heterocycles. The van der Waals surface area contributed by atoms with Gasteiger partial charge in [-0.1, -0.05) is 42.5 Å². The van der Waals surface area contributed by atoms with E-state index in [1.165, 1.54) is 6.92 Å². The van der Waals surface area contributed by atoms with Crippen molar-refractivity contribution in [1.82, 2.24) is 4.57 Å². The zero-order valence-corrected chi connectivity index (χ0v) is 12.1. The molecule has 3 heteroatoms. The zero-order valence-electron chi connectivity index (χ0n) is 12.1. The number of aromatic nitrogens is 1. The first-order valence-corrected chi connectivity index (χ1v) is 6.95. The molecule has 0 saturated carbocycles. The summed E-state index contributed by atoms with van der Waals surface area (Å²) in [7, 11) is 0. The third-order valence-corrected chi connectivity index (χ3v) is 3.81. The third kappa shape index (κ3) is 2.21. The number of rotatable bonds is 3. The van der Waals surface area contributed by atoms with Crippen LogP contribution in [0.4, 0.5) is 0 Å². The molecule has 0 saturated heterocycles. The van der Waals surface area contributed by atoms with E-state index in [1.807, 2.05) is 55.5 Å². The maximum atomic E-state index is 11.9. The van der Waals surface area contributed by atoms with Crippen LogP contribution in [0.25, 0.3) is 10.9 Å². The van der Waals surface area contributed by atoms with Gasteiger partial charge in [-0.25, -0.2) is 0 Å². The van der Waals surface area contributed by atoms with Crippen LogP contribution >= 0.6 is 0 Å². The highest BCUT2D eigenvalue weighted by Crippen LogP contribution is 2.34. The highest BCUT2D eigenvalue weighted by atomic mass is 16.3. The van der Waals surface area contributed by atoms with Crippen LogP contribution in [0.1, 0.15) is 28.4 Å². The number of fused-ring (bicyclic) bond motifs is 1. The minimum atomic E-state index is -0.112. The van der Waals surface area contributed by atoms with Crippen LogP contribution in [0.15, 0.2) is 48.5 Å². The molecule has 21 heavy (non-hydrogen) atoms. The molecule has 0 radical (unpaired) electrons. The van der Waals surface area contributed by atoms with Crippen molar-refractivity contribution in [2.45, 2.75) is 20.4 Å². The monoisotopic (exact) mass is 279 g/mol. The minimum absolute atomic E-state index is 0.0515. The Morgan fingerprint density at radius 3 is 2.48 bits per heavy atom. The molecule has 3 nitrogen and oxygen atoms in total. The van der Waals surface area contributed by atoms with Crippen molar-refractivity contribution in [3.05, 3.63) is 65.2 Å². The summed E-state index contributed by atoms with van der Waals surface area (Å²) in [5.41, 5.74) is 3.39. The van der Waals surface area contributed by atoms with E-state index in [2.05, 4.69) is 0 Å². The smallest absolute Gasteiger partial charge is 0.203 e. The van der Waals surface area contributed by atoms with E-state index in [0.717, 1.165) is 22.0 Å². The van der Waals surface area contributed by atoms with Gasteiger partial charge in [-0.15, -0.1) is 0 Å². The second kappa shape index (κ2) is 5.09. The van der Waals surface area contributed by atoms with E-state index < -0.39 is 0 Å². The van der Waals surface area contributed by atoms with Crippen molar-refractivity contribution in [1.29, 1.82) is 0 Å². The minimum Gasteiger partial charge on any atom is -0.494 e. The zero-order chi connectivity index (χ0) is 15.0. The molecule has 0 aliphatic heterocycles. The maximum absolute atomic E-state index is 11.9. The first kappa shape index (κ1) is 13.4. The first-order chi connectivity index (χ1) is 10.1. The Kier molecular flexibility index (Phi) is 3.26. The number of Topliss-reactive ketones (excluding diaryl/α,β-unsaturated/α-hetero) is 1. The Morgan fingerprint density at radius 2 is 1.81 bits per heavy atom. The molecule has 0 amide bonds. The molecule has 0 bridgehead atoms. The number of carbonyl (C=O) groups is 1. The highest BCUT2D eigenvalue weighted by molar-refractivity contribution is 6.10. The fourth-order valence-electron chi connectivity index (χ4n) is 2.82. The number of nitrogens with zero attached hydrogens (tertiary/aromatic N) is 1. The van der Waals surface area contributed by atoms with Crippen LogP contribution in [0.3, 0.4) is 0 Å². The van der Waals surface area contributed by atoms with Crippen molar-refractivity contribution in [2.24, 2.45) is 0 Å². The summed E-state index contributed by atoms with van der Waals surface area (Å²) in [6.45, 7) is 3.99. The number of aromatic hydroxyl groups is 1. The van der Waals surface area contributed by atoms with Crippen LogP contribution in [0.2, 0.25) is 0 Å². The van der Waals surface area contributed by atoms with Gasteiger partial charge < -0.3 is 9.67 Å². The highest BCUT2D eigenvalue weighted by Gasteiger charge is 2.21. The fourth-order valence-corrected chi connectivity index (χ4v) is 2.82. The predicted molar refractivity (Wildman–Crippen MR) is 83.9 cm³/mol. The molecule has 1 N–H and O–H groups in total. The van der Waals surface area contributed by atoms with Crippen LogP contribution in [0.5, 0.6) is 5.88 Å². The summed E-state index contributed by atoms with van der Waals surface area (Å²) in [6, 6.07) is 15.8. The van der Waals surface area contributed by atoms with Crippen molar-refractivity contribution in [3.63, 3.8) is 0 Å². The topological polar surface area (TPSA) is 42.2 Å². The Bertz CT molecular complexity index is 816. The van der Waals surface area contributed by atoms with Crippen LogP contribution in [0, 0.1) is 6.92 Å². The van der Waals surface area contributed by atoms with Crippen LogP contribution in [-0.4, -0.2) is 15.5 Å². The van der Waals surface area contributed by atoms with E-state index in [-0.39, 0.29) is 11.7 Å². The van der Waals surface area contributed by atoms with Crippen molar-refractivity contribution in [2.75, 3.05) is 0 Å². The Balaban J connectivity index is 2.26. The molecule has 3 aromatic rings. The van der Waals surface area contributed by atoms with Gasteiger partial charge in [-0.3, -0.25) is 4.79 Å². The van der Waals surface area contributed by atoms with Gasteiger partial charge in [0.1, 0.15) is 0 Å². The summed E-state index contributed by atoms with van der Waals surface area (Å²) in [5.74, 6) is -0.0609. The van der Waals surface area contributed by atoms with E-state index in [0.29, 0.717) is 12.1 Å². The fraction of sp³-hybridized carbons (Fsp3) is 0.167. The standard InChI is InChI=1S/C18H17NO2/c1-12-7-6-10-15-16(12)17(13(2)20)18(21)19(15)11-14-8-4-3-5-9-14/h3-10,21H,11H2,1-2H3. The molecular weight excluding hydrogens is 262 g/mol. The Labute approximate surface area is 123 Å². The predicted octanol–water partition coefficient (Wildman–Crippen LogP) is 3.91. The van der Waals surface area contributed by atoms with E-state index in [9.17, 15) is 9.90 Å². The van der Waals surface area contributed by atoms with Gasteiger partial charge in [0.05, 0.1) is 17.6 Å². The van der Waals surface area contributed by atoms with Crippen LogP contribution in [-0.2, 0) is 6.54 Å². The molecule has 0 aliphatic carbocycles. The summed E-state index contributed by atoms with van der Waals surface area (Å²) in [5, 5.41) is 11.4. The lowest BCUT2D eigenvalue weighted by Crippen LogP contribution is -1.99. The van der Waals surface area contributed by atoms with Crippen molar-refractivity contribution in [3.8, 4) is 5.88 Å². The van der Waals surface area contributed by atoms with Gasteiger partial charge in [-0.05, 0) is 31.0 Å². The van der Waals surface area contributed by atoms with Gasteiger partial charge in [0.2, 0.25) is 5.88 Å². The van der Waals surface area contributed by atoms with Gasteiger partial charge in [-0.2, -0.15) is 0 Å². The van der Waals surface area contributed by atoms with E-state index in [4.69, 9.17) is 0 Å². The van der Waals surface area contributed by atoms with Gasteiger partial charge >= 0.3 is 0 Å². The normalized spacial score (nSPS) is 11.0. The Morgan fingerprint density at radius 1 is 1.10 bits per heavy atom. The number of hydrogen-bond donors (Lipinski definition) is 1. The quantitative estimate of drug-likeness (QED) is 0.739. The second-order valence-corrected chi connectivity index (χ2v) is 5.30. The SMILES string of the molecule is CC(=O)c1c(O)n(Cc2ccccc2)c2cccc(C)c12. The first-order valence-electron chi connectivity index (χ1n) is 6.95. The molecule has 0 aliphatic rings. The molecule has 106 valence electrons. The Hall–Kier alpha value is -2.55. The molecule has 3 rings (SSSR count). The average Bonchev–Trinajstić information content (AvgIpc) is 2.75. The molecule has 1 aromatic heterocycles. The summed E-state index contributed by atoms with van der Waals surface area (Å²) in [6.07, 6.45) is 0. The summed E-state index contributed by atoms with van der Waals surface area (Å²) >= 11 is 0. The van der Waals surface area contributed by atoms with Gasteiger partial charge in [0, 0.05) is 5.39 Å². The maximum Gasteiger partial charge on any atom is 0.203 e. The second-order valence-electron chi connectivity index (χ2n) is 5.30. The van der Waals surface area contributed by atoms with Crippen molar-refractivity contribution < 1.29 is 9.90 Å². The molecule has 0 atom stereocenters. The molecular formula is C18H17NO2. The van der Waals surface area contributed by atoms with Gasteiger partial charge in [0.15, 0.2) is 5.78 Å². The van der Waals surface area contributed by atoms with E-state index in [1.54, 1.807) is 4.57 Å². The van der Waals surface area contributed by atoms with Crippen LogP contribution < -0.4 is 0 Å². The lowest BCUT2D eigenvalue weighted by Gasteiger charge is -2.07. The number of aryl methyl sites for hydroxylation is 1. The lowest BCUT2D eigenvalue weighted by molar-refractivity contribution is 0.101. The largest absolute Gasteiger partial charge is 0.494 e. The average molecular weight is 279 g/mol. The molecule has 0 fully saturated rings. The lowest BCUT2D eigenvalue weighted by atomic mass is 10.1. The number of hydrogen-bond acceptors (Lipinski definition) is 2. The summed E-state index contributed by atoms with van der Waals surface area (Å²) in [4.78, 5) is 11.9.